The van der Waals surface area contributed by atoms with Crippen molar-refractivity contribution < 1.29 is 4.79 Å². The van der Waals surface area contributed by atoms with Gasteiger partial charge in [0.25, 0.3) is 0 Å². The van der Waals surface area contributed by atoms with E-state index in [-0.39, 0.29) is 5.78 Å². The molecule has 1 nitrogen and oxygen atoms in total. The Morgan fingerprint density at radius 2 is 2.20 bits per heavy atom. The molecule has 0 aliphatic heterocycles. The smallest absolute Gasteiger partial charge is 0.173 e. The summed E-state index contributed by atoms with van der Waals surface area (Å²) in [4.78, 5) is 10.9. The maximum atomic E-state index is 10.9. The lowest BCUT2D eigenvalue weighted by atomic mass is 10.2. The monoisotopic (exact) mass is 180 g/mol. The highest BCUT2D eigenvalue weighted by Gasteiger charge is 2.25. The van der Waals surface area contributed by atoms with Gasteiger partial charge in [-0.05, 0) is 13.3 Å². The summed E-state index contributed by atoms with van der Waals surface area (Å²) in [5.74, 6) is -0.157. The molecule has 0 aromatic carbocycles. The van der Waals surface area contributed by atoms with E-state index in [1.165, 1.54) is 6.92 Å². The van der Waals surface area contributed by atoms with E-state index >= 15 is 0 Å². The number of halogens is 2. The molecule has 0 aromatic rings. The average Bonchev–Trinajstić information content (AvgIpc) is 1.80. The van der Waals surface area contributed by atoms with Crippen LogP contribution in [-0.4, -0.2) is 10.1 Å². The van der Waals surface area contributed by atoms with Crippen molar-refractivity contribution >= 4 is 29.0 Å². The lowest BCUT2D eigenvalue weighted by Crippen LogP contribution is -2.20. The molecule has 58 valence electrons. The molecule has 0 bridgehead atoms. The van der Waals surface area contributed by atoms with Gasteiger partial charge in [0.15, 0.2) is 10.1 Å². The quantitative estimate of drug-likeness (QED) is 0.481. The van der Waals surface area contributed by atoms with E-state index in [9.17, 15) is 4.79 Å². The number of rotatable bonds is 4. The SMILES string of the molecule is C=CCCC(=O)C(C)(Cl)Cl. The summed E-state index contributed by atoms with van der Waals surface area (Å²) in [6.45, 7) is 4.95. The molecule has 0 saturated heterocycles. The van der Waals surface area contributed by atoms with Crippen LogP contribution in [0.2, 0.25) is 0 Å². The summed E-state index contributed by atoms with van der Waals surface area (Å²) in [6.07, 6.45) is 2.66. The molecular formula is C7H10Cl2O. The topological polar surface area (TPSA) is 17.1 Å². The molecule has 0 radical (unpaired) electrons. The molecule has 0 rings (SSSR count). The normalized spacial score (nSPS) is 11.1. The standard InChI is InChI=1S/C7H10Cl2O/c1-3-4-5-6(10)7(2,8)9/h3H,1,4-5H2,2H3. The van der Waals surface area contributed by atoms with Crippen LogP contribution in [0.3, 0.4) is 0 Å². The van der Waals surface area contributed by atoms with Gasteiger partial charge in [-0.2, -0.15) is 0 Å². The molecule has 0 unspecified atom stereocenters. The summed E-state index contributed by atoms with van der Waals surface area (Å²) >= 11 is 11.0. The molecule has 0 N–H and O–H groups in total. The van der Waals surface area contributed by atoms with Crippen molar-refractivity contribution in [2.24, 2.45) is 0 Å². The minimum atomic E-state index is -1.23. The third-order valence-electron chi connectivity index (χ3n) is 1.07. The second-order valence-electron chi connectivity index (χ2n) is 2.14. The van der Waals surface area contributed by atoms with Crippen LogP contribution >= 0.6 is 23.2 Å². The van der Waals surface area contributed by atoms with Gasteiger partial charge in [-0.25, -0.2) is 0 Å². The predicted molar refractivity (Wildman–Crippen MR) is 44.5 cm³/mol. The zero-order valence-electron chi connectivity index (χ0n) is 5.86. The number of hydrogen-bond donors (Lipinski definition) is 0. The number of hydrogen-bond acceptors (Lipinski definition) is 1. The van der Waals surface area contributed by atoms with E-state index in [0.29, 0.717) is 12.8 Å². The molecule has 0 atom stereocenters. The molecule has 0 aromatic heterocycles. The van der Waals surface area contributed by atoms with Gasteiger partial charge in [0.2, 0.25) is 0 Å². The minimum absolute atomic E-state index is 0.157. The molecule has 10 heavy (non-hydrogen) atoms. The van der Waals surface area contributed by atoms with Crippen LogP contribution in [0, 0.1) is 0 Å². The molecule has 0 spiro atoms. The highest BCUT2D eigenvalue weighted by Crippen LogP contribution is 2.22. The van der Waals surface area contributed by atoms with E-state index in [0.717, 1.165) is 0 Å². The molecule has 0 saturated carbocycles. The first-order valence-corrected chi connectivity index (χ1v) is 3.76. The second kappa shape index (κ2) is 3.99. The summed E-state index contributed by atoms with van der Waals surface area (Å²) in [7, 11) is 0. The highest BCUT2D eigenvalue weighted by atomic mass is 35.5. The molecule has 0 heterocycles. The fraction of sp³-hybridized carbons (Fsp3) is 0.571. The van der Waals surface area contributed by atoms with Crippen LogP contribution < -0.4 is 0 Å². The number of carbonyl (C=O) groups excluding carboxylic acids is 1. The summed E-state index contributed by atoms with van der Waals surface area (Å²) in [5.41, 5.74) is 0. The molecule has 0 fully saturated rings. The van der Waals surface area contributed by atoms with Gasteiger partial charge < -0.3 is 0 Å². The Morgan fingerprint density at radius 3 is 2.50 bits per heavy atom. The summed E-state index contributed by atoms with van der Waals surface area (Å²) in [6, 6.07) is 0. The van der Waals surface area contributed by atoms with E-state index in [1.807, 2.05) is 0 Å². The van der Waals surface area contributed by atoms with Gasteiger partial charge in [-0.3, -0.25) is 4.79 Å². The number of carbonyl (C=O) groups is 1. The van der Waals surface area contributed by atoms with E-state index in [2.05, 4.69) is 6.58 Å². The van der Waals surface area contributed by atoms with Crippen LogP contribution in [0.1, 0.15) is 19.8 Å². The highest BCUT2D eigenvalue weighted by molar-refractivity contribution is 6.57. The zero-order chi connectivity index (χ0) is 8.20. The van der Waals surface area contributed by atoms with Gasteiger partial charge in [-0.15, -0.1) is 6.58 Å². The number of alkyl halides is 2. The first-order valence-electron chi connectivity index (χ1n) is 3.00. The van der Waals surface area contributed by atoms with Gasteiger partial charge in [-0.1, -0.05) is 29.3 Å². The second-order valence-corrected chi connectivity index (χ2v) is 3.84. The molecule has 3 heteroatoms. The largest absolute Gasteiger partial charge is 0.296 e. The Labute approximate surface area is 71.0 Å². The van der Waals surface area contributed by atoms with E-state index < -0.39 is 4.33 Å². The Morgan fingerprint density at radius 1 is 1.70 bits per heavy atom. The Bertz CT molecular complexity index is 135. The number of ketones is 1. The van der Waals surface area contributed by atoms with Gasteiger partial charge in [0, 0.05) is 6.42 Å². The number of Topliss-reactive ketones (excluding diaryl/α,β-unsaturated/α-hetero) is 1. The van der Waals surface area contributed by atoms with E-state index in [1.54, 1.807) is 6.08 Å². The average molecular weight is 181 g/mol. The molecule has 0 aliphatic carbocycles. The third-order valence-corrected chi connectivity index (χ3v) is 1.49. The van der Waals surface area contributed by atoms with Crippen LogP contribution in [0.15, 0.2) is 12.7 Å². The van der Waals surface area contributed by atoms with Crippen molar-refractivity contribution in [3.63, 3.8) is 0 Å². The fourth-order valence-electron chi connectivity index (χ4n) is 0.453. The van der Waals surface area contributed by atoms with Crippen LogP contribution in [-0.2, 0) is 4.79 Å². The Kier molecular flexibility index (Phi) is 3.99. The van der Waals surface area contributed by atoms with Gasteiger partial charge in [0.1, 0.15) is 0 Å². The molecule has 0 amide bonds. The van der Waals surface area contributed by atoms with Crippen molar-refractivity contribution in [1.29, 1.82) is 0 Å². The van der Waals surface area contributed by atoms with Crippen LogP contribution in [0.25, 0.3) is 0 Å². The van der Waals surface area contributed by atoms with Gasteiger partial charge >= 0.3 is 0 Å². The zero-order valence-corrected chi connectivity index (χ0v) is 7.37. The fourth-order valence-corrected chi connectivity index (χ4v) is 0.642. The van der Waals surface area contributed by atoms with E-state index in [4.69, 9.17) is 23.2 Å². The van der Waals surface area contributed by atoms with Crippen molar-refractivity contribution in [2.45, 2.75) is 24.1 Å². The van der Waals surface area contributed by atoms with Crippen LogP contribution in [0.4, 0.5) is 0 Å². The maximum Gasteiger partial charge on any atom is 0.173 e. The minimum Gasteiger partial charge on any atom is -0.296 e. The third kappa shape index (κ3) is 3.91. The Hall–Kier alpha value is -0.0100. The lowest BCUT2D eigenvalue weighted by molar-refractivity contribution is -0.119. The Balaban J connectivity index is 3.74. The van der Waals surface area contributed by atoms with Crippen LogP contribution in [0.5, 0.6) is 0 Å². The number of allylic oxidation sites excluding steroid dienone is 1. The first kappa shape index (κ1) is 9.99. The van der Waals surface area contributed by atoms with Crippen molar-refractivity contribution in [2.75, 3.05) is 0 Å². The lowest BCUT2D eigenvalue weighted by Gasteiger charge is -2.09. The van der Waals surface area contributed by atoms with Crippen molar-refractivity contribution in [3.05, 3.63) is 12.7 Å². The first-order chi connectivity index (χ1) is 4.48. The van der Waals surface area contributed by atoms with Gasteiger partial charge in [0.05, 0.1) is 0 Å². The molecular weight excluding hydrogens is 171 g/mol. The predicted octanol–water partition coefficient (Wildman–Crippen LogP) is 2.72. The van der Waals surface area contributed by atoms with Crippen molar-refractivity contribution in [3.8, 4) is 0 Å². The maximum absolute atomic E-state index is 10.9. The summed E-state index contributed by atoms with van der Waals surface area (Å²) in [5, 5.41) is 0. The molecule has 0 aliphatic rings. The van der Waals surface area contributed by atoms with Crippen molar-refractivity contribution in [1.82, 2.24) is 0 Å². The summed E-state index contributed by atoms with van der Waals surface area (Å²) < 4.78 is -1.23.